The summed E-state index contributed by atoms with van der Waals surface area (Å²) in [7, 11) is 0. The van der Waals surface area contributed by atoms with Crippen molar-refractivity contribution in [3.05, 3.63) is 126 Å². The predicted molar refractivity (Wildman–Crippen MR) is 159 cm³/mol. The van der Waals surface area contributed by atoms with Crippen LogP contribution in [0.3, 0.4) is 0 Å². The fourth-order valence-electron chi connectivity index (χ4n) is 6.40. The number of aromatic nitrogens is 2. The summed E-state index contributed by atoms with van der Waals surface area (Å²) in [5.74, 6) is 0. The lowest BCUT2D eigenvalue weighted by Crippen LogP contribution is -2.30. The highest BCUT2D eigenvalue weighted by Gasteiger charge is 2.37. The summed E-state index contributed by atoms with van der Waals surface area (Å²) in [6.45, 7) is 4.63. The van der Waals surface area contributed by atoms with E-state index in [-0.39, 0.29) is 5.41 Å². The van der Waals surface area contributed by atoms with Crippen molar-refractivity contribution in [3.63, 3.8) is 0 Å². The lowest BCUT2D eigenvalue weighted by Gasteiger charge is -2.42. The van der Waals surface area contributed by atoms with E-state index in [1.54, 1.807) is 0 Å². The SMILES string of the molecule is CC1(C)c2ccccc2N(c2cccc3nc4c5ccccc5c5ccccc5c4nc23)c2ccccc21. The summed E-state index contributed by atoms with van der Waals surface area (Å²) in [4.78, 5) is 13.0. The minimum absolute atomic E-state index is 0.109. The van der Waals surface area contributed by atoms with Crippen LogP contribution in [0.1, 0.15) is 25.0 Å². The fourth-order valence-corrected chi connectivity index (χ4v) is 6.40. The molecule has 0 spiro atoms. The molecule has 0 saturated heterocycles. The average Bonchev–Trinajstić information content (AvgIpc) is 2.97. The standard InChI is InChI=1S/C35H25N3/c1-35(2)26-16-7-9-19-29(26)38(30-20-10-8-17-27(30)35)31-21-11-18-28-34(31)37-33-25-15-6-4-13-23(25)22-12-3-5-14-24(22)32(33)36-28/h3-21H,1-2H3. The first kappa shape index (κ1) is 21.3. The molecule has 0 amide bonds. The van der Waals surface area contributed by atoms with E-state index >= 15 is 0 Å². The van der Waals surface area contributed by atoms with Crippen LogP contribution in [0.2, 0.25) is 0 Å². The van der Waals surface area contributed by atoms with Gasteiger partial charge in [0.2, 0.25) is 0 Å². The maximum absolute atomic E-state index is 5.41. The van der Waals surface area contributed by atoms with Crippen LogP contribution >= 0.6 is 0 Å². The van der Waals surface area contributed by atoms with Crippen molar-refractivity contribution in [2.24, 2.45) is 0 Å². The van der Waals surface area contributed by atoms with Gasteiger partial charge in [-0.15, -0.1) is 0 Å². The van der Waals surface area contributed by atoms with Gasteiger partial charge in [0, 0.05) is 16.2 Å². The van der Waals surface area contributed by atoms with Gasteiger partial charge in [0.15, 0.2) is 0 Å². The molecule has 0 saturated carbocycles. The van der Waals surface area contributed by atoms with Gasteiger partial charge in [-0.2, -0.15) is 0 Å². The normalized spacial score (nSPS) is 14.2. The lowest BCUT2D eigenvalue weighted by molar-refractivity contribution is 0.632. The van der Waals surface area contributed by atoms with E-state index in [1.807, 2.05) is 0 Å². The van der Waals surface area contributed by atoms with Crippen LogP contribution in [0.5, 0.6) is 0 Å². The fraction of sp³-hybridized carbons (Fsp3) is 0.0857. The zero-order valence-corrected chi connectivity index (χ0v) is 21.3. The Kier molecular flexibility index (Phi) is 4.28. The molecule has 180 valence electrons. The van der Waals surface area contributed by atoms with Crippen LogP contribution in [-0.4, -0.2) is 9.97 Å². The number of para-hydroxylation sites is 3. The molecule has 3 nitrogen and oxygen atoms in total. The summed E-state index contributed by atoms with van der Waals surface area (Å²) >= 11 is 0. The molecule has 0 atom stereocenters. The molecule has 0 bridgehead atoms. The van der Waals surface area contributed by atoms with Gasteiger partial charge in [0.1, 0.15) is 5.52 Å². The Labute approximate surface area is 221 Å². The summed E-state index contributed by atoms with van der Waals surface area (Å²) < 4.78 is 0. The van der Waals surface area contributed by atoms with Gasteiger partial charge in [0.25, 0.3) is 0 Å². The molecular formula is C35H25N3. The summed E-state index contributed by atoms with van der Waals surface area (Å²) in [6.07, 6.45) is 0. The van der Waals surface area contributed by atoms with E-state index < -0.39 is 0 Å². The number of nitrogens with zero attached hydrogens (tertiary/aromatic N) is 3. The third kappa shape index (κ3) is 2.79. The lowest BCUT2D eigenvalue weighted by atomic mass is 9.73. The second-order valence-corrected chi connectivity index (χ2v) is 10.7. The summed E-state index contributed by atoms with van der Waals surface area (Å²) in [6, 6.07) is 40.9. The van der Waals surface area contributed by atoms with Gasteiger partial charge in [-0.3, -0.25) is 0 Å². The minimum Gasteiger partial charge on any atom is -0.308 e. The summed E-state index contributed by atoms with van der Waals surface area (Å²) in [5.41, 5.74) is 9.62. The molecule has 2 heterocycles. The van der Waals surface area contributed by atoms with Crippen molar-refractivity contribution in [2.45, 2.75) is 19.3 Å². The third-order valence-corrected chi connectivity index (χ3v) is 8.21. The molecule has 1 aliphatic heterocycles. The first-order valence-electron chi connectivity index (χ1n) is 13.1. The Morgan fingerprint density at radius 2 is 0.921 bits per heavy atom. The number of fused-ring (bicyclic) bond motifs is 9. The Hall–Kier alpha value is -4.76. The highest BCUT2D eigenvalue weighted by molar-refractivity contribution is 6.24. The Morgan fingerprint density at radius 1 is 0.447 bits per heavy atom. The molecule has 1 aromatic heterocycles. The van der Waals surface area contributed by atoms with Crippen LogP contribution in [0.25, 0.3) is 43.6 Å². The van der Waals surface area contributed by atoms with E-state index in [4.69, 9.17) is 9.97 Å². The van der Waals surface area contributed by atoms with Gasteiger partial charge in [-0.1, -0.05) is 105 Å². The Balaban J connectivity index is 1.51. The number of benzene rings is 6. The number of anilines is 3. The van der Waals surface area contributed by atoms with Gasteiger partial charge in [-0.25, -0.2) is 9.97 Å². The molecule has 7 aromatic rings. The molecule has 0 unspecified atom stereocenters. The van der Waals surface area contributed by atoms with E-state index in [2.05, 4.69) is 134 Å². The van der Waals surface area contributed by atoms with Crippen molar-refractivity contribution in [2.75, 3.05) is 4.90 Å². The van der Waals surface area contributed by atoms with E-state index in [0.29, 0.717) is 0 Å². The highest BCUT2D eigenvalue weighted by atomic mass is 15.2. The highest BCUT2D eigenvalue weighted by Crippen LogP contribution is 2.52. The van der Waals surface area contributed by atoms with Crippen LogP contribution in [-0.2, 0) is 5.41 Å². The number of hydrogen-bond donors (Lipinski definition) is 0. The van der Waals surface area contributed by atoms with Crippen LogP contribution < -0.4 is 4.90 Å². The van der Waals surface area contributed by atoms with E-state index in [9.17, 15) is 0 Å². The quantitative estimate of drug-likeness (QED) is 0.171. The summed E-state index contributed by atoms with van der Waals surface area (Å²) in [5, 5.41) is 4.68. The molecule has 1 aliphatic rings. The van der Waals surface area contributed by atoms with Gasteiger partial charge >= 0.3 is 0 Å². The first-order chi connectivity index (χ1) is 18.6. The van der Waals surface area contributed by atoms with Crippen molar-refractivity contribution in [1.82, 2.24) is 9.97 Å². The second-order valence-electron chi connectivity index (χ2n) is 10.7. The van der Waals surface area contributed by atoms with E-state index in [0.717, 1.165) is 38.5 Å². The Bertz CT molecular complexity index is 2020. The smallest absolute Gasteiger partial charge is 0.113 e. The number of rotatable bonds is 1. The molecule has 38 heavy (non-hydrogen) atoms. The van der Waals surface area contributed by atoms with Gasteiger partial charge in [-0.05, 0) is 46.2 Å². The Morgan fingerprint density at radius 3 is 1.53 bits per heavy atom. The zero-order chi connectivity index (χ0) is 25.4. The largest absolute Gasteiger partial charge is 0.308 e. The molecule has 0 fully saturated rings. The number of hydrogen-bond acceptors (Lipinski definition) is 3. The third-order valence-electron chi connectivity index (χ3n) is 8.21. The topological polar surface area (TPSA) is 29.0 Å². The molecule has 6 aromatic carbocycles. The average molecular weight is 488 g/mol. The molecule has 0 radical (unpaired) electrons. The van der Waals surface area contributed by atoms with Crippen molar-refractivity contribution >= 4 is 60.7 Å². The van der Waals surface area contributed by atoms with Crippen molar-refractivity contribution in [1.29, 1.82) is 0 Å². The van der Waals surface area contributed by atoms with E-state index in [1.165, 1.54) is 33.3 Å². The predicted octanol–water partition coefficient (Wildman–Crippen LogP) is 9.20. The monoisotopic (exact) mass is 487 g/mol. The molecule has 0 N–H and O–H groups in total. The zero-order valence-electron chi connectivity index (χ0n) is 21.3. The van der Waals surface area contributed by atoms with Crippen molar-refractivity contribution < 1.29 is 0 Å². The molecular weight excluding hydrogens is 462 g/mol. The van der Waals surface area contributed by atoms with Gasteiger partial charge in [0.05, 0.1) is 33.6 Å². The van der Waals surface area contributed by atoms with Gasteiger partial charge < -0.3 is 4.90 Å². The maximum Gasteiger partial charge on any atom is 0.113 e. The molecule has 8 rings (SSSR count). The molecule has 3 heteroatoms. The van der Waals surface area contributed by atoms with Crippen LogP contribution in [0.4, 0.5) is 17.1 Å². The first-order valence-corrected chi connectivity index (χ1v) is 13.1. The van der Waals surface area contributed by atoms with Crippen molar-refractivity contribution in [3.8, 4) is 0 Å². The van der Waals surface area contributed by atoms with Crippen LogP contribution in [0, 0.1) is 0 Å². The maximum atomic E-state index is 5.41. The second kappa shape index (κ2) is 7.62. The molecule has 0 aliphatic carbocycles. The van der Waals surface area contributed by atoms with Crippen LogP contribution in [0.15, 0.2) is 115 Å². The minimum atomic E-state index is -0.109.